The number of benzene rings is 2. The van der Waals surface area contributed by atoms with Crippen molar-refractivity contribution in [1.29, 1.82) is 0 Å². The van der Waals surface area contributed by atoms with Crippen molar-refractivity contribution in [3.8, 4) is 22.5 Å². The zero-order valence-electron chi connectivity index (χ0n) is 25.4. The first-order valence-electron chi connectivity index (χ1n) is 14.6. The lowest BCUT2D eigenvalue weighted by Gasteiger charge is -2.18. The van der Waals surface area contributed by atoms with Crippen LogP contribution in [0.4, 0.5) is 0 Å². The number of carbonyl (C=O) groups excluding carboxylic acids is 2. The van der Waals surface area contributed by atoms with Gasteiger partial charge >= 0.3 is 5.97 Å². The molecule has 0 unspecified atom stereocenters. The Labute approximate surface area is 259 Å². The summed E-state index contributed by atoms with van der Waals surface area (Å²) < 4.78 is 6.93. The van der Waals surface area contributed by atoms with Crippen molar-refractivity contribution in [1.82, 2.24) is 40.9 Å². The van der Waals surface area contributed by atoms with Crippen LogP contribution >= 0.6 is 0 Å². The third-order valence-corrected chi connectivity index (χ3v) is 6.85. The van der Waals surface area contributed by atoms with Gasteiger partial charge in [0.1, 0.15) is 29.4 Å². The Morgan fingerprint density at radius 2 is 1.76 bits per heavy atom. The zero-order valence-corrected chi connectivity index (χ0v) is 25.4. The number of hydrogen-bond acceptors (Lipinski definition) is 12. The summed E-state index contributed by atoms with van der Waals surface area (Å²) in [4.78, 5) is 34.9. The third kappa shape index (κ3) is 8.99. The Kier molecular flexibility index (Phi) is 11.5. The van der Waals surface area contributed by atoms with Crippen molar-refractivity contribution in [2.75, 3.05) is 19.8 Å². The van der Waals surface area contributed by atoms with E-state index in [0.29, 0.717) is 37.5 Å². The number of aliphatic hydroxyl groups is 1. The summed E-state index contributed by atoms with van der Waals surface area (Å²) in [5, 5.41) is 44.4. The fourth-order valence-corrected chi connectivity index (χ4v) is 4.75. The molecule has 15 heteroatoms. The summed E-state index contributed by atoms with van der Waals surface area (Å²) in [7, 11) is 0. The average Bonchev–Trinajstić information content (AvgIpc) is 3.67. The van der Waals surface area contributed by atoms with Crippen LogP contribution in [0.15, 0.2) is 48.5 Å². The van der Waals surface area contributed by atoms with E-state index in [-0.39, 0.29) is 36.5 Å². The van der Waals surface area contributed by atoms with Crippen molar-refractivity contribution in [2.24, 2.45) is 0 Å². The van der Waals surface area contributed by atoms with E-state index in [4.69, 9.17) is 15.2 Å². The maximum atomic E-state index is 13.5. The van der Waals surface area contributed by atoms with E-state index in [1.807, 2.05) is 55.5 Å². The van der Waals surface area contributed by atoms with Gasteiger partial charge < -0.3 is 19.7 Å². The number of amides is 1. The van der Waals surface area contributed by atoms with Crippen LogP contribution < -0.4 is 5.32 Å². The van der Waals surface area contributed by atoms with Gasteiger partial charge in [-0.15, -0.1) is 5.10 Å². The summed E-state index contributed by atoms with van der Waals surface area (Å²) in [5.74, 6) is -0.00903. The van der Waals surface area contributed by atoms with Gasteiger partial charge in [0.05, 0.1) is 18.6 Å². The second-order valence-corrected chi connectivity index (χ2v) is 10.8. The average molecular weight is 623 g/mol. The van der Waals surface area contributed by atoms with E-state index in [2.05, 4.69) is 35.8 Å². The van der Waals surface area contributed by atoms with Crippen LogP contribution in [0.2, 0.25) is 0 Å². The quantitative estimate of drug-likeness (QED) is 0.0696. The molecule has 0 aliphatic rings. The van der Waals surface area contributed by atoms with Crippen molar-refractivity contribution in [3.63, 3.8) is 0 Å². The van der Waals surface area contributed by atoms with Crippen molar-refractivity contribution >= 4 is 11.9 Å². The Morgan fingerprint density at radius 1 is 1.04 bits per heavy atom. The number of tetrazole rings is 1. The van der Waals surface area contributed by atoms with Gasteiger partial charge in [-0.2, -0.15) is 0 Å². The first-order valence-corrected chi connectivity index (χ1v) is 14.6. The molecule has 0 saturated carbocycles. The van der Waals surface area contributed by atoms with Crippen LogP contribution in [0.5, 0.6) is 0 Å². The number of aromatic amines is 1. The highest BCUT2D eigenvalue weighted by molar-refractivity contribution is 5.96. The zero-order chi connectivity index (χ0) is 32.4. The monoisotopic (exact) mass is 622 g/mol. The predicted octanol–water partition coefficient (Wildman–Crippen LogP) is 3.02. The minimum absolute atomic E-state index is 0.0293. The van der Waals surface area contributed by atoms with Crippen LogP contribution in [0.1, 0.15) is 67.6 Å². The fourth-order valence-electron chi connectivity index (χ4n) is 4.75. The van der Waals surface area contributed by atoms with Gasteiger partial charge in [-0.1, -0.05) is 55.5 Å². The second kappa shape index (κ2) is 15.5. The maximum absolute atomic E-state index is 13.5. The summed E-state index contributed by atoms with van der Waals surface area (Å²) in [5.41, 5.74) is 2.61. The Morgan fingerprint density at radius 3 is 2.40 bits per heavy atom. The molecule has 0 radical (unpaired) electrons. The maximum Gasteiger partial charge on any atom is 0.325 e. The number of aryl methyl sites for hydroxylation is 1. The number of rotatable bonds is 16. The lowest BCUT2D eigenvalue weighted by atomic mass is 9.98. The smallest absolute Gasteiger partial charge is 0.325 e. The molecule has 5 N–H and O–H groups in total. The molecule has 0 bridgehead atoms. The van der Waals surface area contributed by atoms with Gasteiger partial charge in [0.25, 0.3) is 5.91 Å². The first kappa shape index (κ1) is 33.4. The highest BCUT2D eigenvalue weighted by Crippen LogP contribution is 2.31. The molecular weight excluding hydrogens is 584 g/mol. The van der Waals surface area contributed by atoms with Crippen molar-refractivity contribution in [3.05, 3.63) is 71.3 Å². The highest BCUT2D eigenvalue weighted by atomic mass is 17.1. The SMILES string of the molecule is CCCc1nc(C(C)(C)O)c(C(=O)NCC(=O)OCCCCON(O)O)n1Cc1ccc(-c2ccccc2-c2nnn[nH]2)cc1. The number of unbranched alkanes of at least 4 members (excludes halogenated alkanes) is 1. The number of ether oxygens (including phenoxy) is 1. The molecule has 45 heavy (non-hydrogen) atoms. The second-order valence-electron chi connectivity index (χ2n) is 10.8. The minimum Gasteiger partial charge on any atom is -0.464 e. The van der Waals surface area contributed by atoms with Gasteiger partial charge in [-0.3, -0.25) is 24.8 Å². The summed E-state index contributed by atoms with van der Waals surface area (Å²) in [6.45, 7) is 5.15. The highest BCUT2D eigenvalue weighted by Gasteiger charge is 2.32. The Balaban J connectivity index is 1.52. The van der Waals surface area contributed by atoms with Gasteiger partial charge in [-0.05, 0) is 60.2 Å². The fraction of sp³-hybridized carbons (Fsp3) is 0.400. The van der Waals surface area contributed by atoms with Gasteiger partial charge in [0, 0.05) is 18.5 Å². The van der Waals surface area contributed by atoms with Crippen LogP contribution in [-0.4, -0.2) is 82.7 Å². The van der Waals surface area contributed by atoms with Gasteiger partial charge in [0.2, 0.25) is 0 Å². The number of imidazole rings is 1. The Hall–Kier alpha value is -4.54. The van der Waals surface area contributed by atoms with Crippen LogP contribution in [0.3, 0.4) is 0 Å². The lowest BCUT2D eigenvalue weighted by Crippen LogP contribution is -2.34. The normalized spacial score (nSPS) is 11.6. The molecule has 0 saturated heterocycles. The number of carbonyl (C=O) groups is 2. The summed E-state index contributed by atoms with van der Waals surface area (Å²) in [6.07, 6.45) is 2.17. The number of H-pyrrole nitrogens is 1. The molecule has 240 valence electrons. The standard InChI is InChI=1S/C30H38N8O7/c1-4-9-24-32-27(30(2,3)41)26(29(40)31-18-25(39)44-16-7-8-17-45-38(42)43)37(24)19-20-12-14-21(15-13-20)22-10-5-6-11-23(22)28-33-35-36-34-28/h5-6,10-15,41-43H,4,7-9,16-19H2,1-3H3,(H,31,40)(H,33,34,35,36). The molecule has 15 nitrogen and oxygen atoms in total. The van der Waals surface area contributed by atoms with Gasteiger partial charge in [-0.25, -0.2) is 10.1 Å². The first-order chi connectivity index (χ1) is 21.6. The molecule has 0 fully saturated rings. The van der Waals surface area contributed by atoms with Gasteiger partial charge in [0.15, 0.2) is 5.82 Å². The lowest BCUT2D eigenvalue weighted by molar-refractivity contribution is -0.492. The molecule has 0 aliphatic heterocycles. The van der Waals surface area contributed by atoms with Crippen molar-refractivity contribution in [2.45, 2.75) is 58.6 Å². The molecule has 4 rings (SSSR count). The number of hydrogen-bond donors (Lipinski definition) is 5. The minimum atomic E-state index is -1.43. The summed E-state index contributed by atoms with van der Waals surface area (Å²) >= 11 is 0. The van der Waals surface area contributed by atoms with E-state index in [0.717, 1.165) is 28.7 Å². The van der Waals surface area contributed by atoms with Crippen molar-refractivity contribution < 1.29 is 34.7 Å². The van der Waals surface area contributed by atoms with E-state index in [9.17, 15) is 14.7 Å². The molecular formula is C30H38N8O7. The Bertz CT molecular complexity index is 1550. The van der Waals surface area contributed by atoms with Crippen LogP contribution in [0, 0.1) is 0 Å². The molecule has 1 amide bonds. The van der Waals surface area contributed by atoms with E-state index < -0.39 is 17.5 Å². The number of esters is 1. The number of aromatic nitrogens is 6. The third-order valence-electron chi connectivity index (χ3n) is 6.85. The molecule has 0 aliphatic carbocycles. The van der Waals surface area contributed by atoms with E-state index in [1.54, 1.807) is 18.4 Å². The molecule has 4 aromatic rings. The molecule has 2 aromatic carbocycles. The predicted molar refractivity (Wildman–Crippen MR) is 160 cm³/mol. The molecule has 2 aromatic heterocycles. The largest absolute Gasteiger partial charge is 0.464 e. The van der Waals surface area contributed by atoms with E-state index >= 15 is 0 Å². The van der Waals surface area contributed by atoms with Crippen LogP contribution in [0.25, 0.3) is 22.5 Å². The molecule has 2 heterocycles. The topological polar surface area (TPSA) is 201 Å². The van der Waals surface area contributed by atoms with E-state index in [1.165, 1.54) is 0 Å². The molecule has 0 spiro atoms. The summed E-state index contributed by atoms with van der Waals surface area (Å²) in [6, 6.07) is 15.7. The number of nitrogens with one attached hydrogen (secondary N) is 2. The molecule has 0 atom stereocenters. The number of nitrogens with zero attached hydrogens (tertiary/aromatic N) is 6. The van der Waals surface area contributed by atoms with Crippen LogP contribution in [-0.2, 0) is 32.9 Å².